The Morgan fingerprint density at radius 3 is 2.57 bits per heavy atom. The second kappa shape index (κ2) is 8.00. The average molecular weight is 305 g/mol. The van der Waals surface area contributed by atoms with E-state index >= 15 is 0 Å². The maximum absolute atomic E-state index is 12.2. The molecule has 9 heteroatoms. The van der Waals surface area contributed by atoms with E-state index < -0.39 is 31.7 Å². The first-order chi connectivity index (χ1) is 9.92. The monoisotopic (exact) mass is 305 g/mol. The second-order valence-corrected chi connectivity index (χ2v) is 3.68. The Hall–Kier alpha value is -2.42. The van der Waals surface area contributed by atoms with Gasteiger partial charge in [0, 0.05) is 11.8 Å². The molecular weight excluding hydrogens is 292 g/mol. The maximum Gasteiger partial charge on any atom is 0.387 e. The maximum atomic E-state index is 12.2. The summed E-state index contributed by atoms with van der Waals surface area (Å²) in [4.78, 5) is 21.6. The molecule has 1 aromatic carbocycles. The summed E-state index contributed by atoms with van der Waals surface area (Å²) >= 11 is 0. The lowest BCUT2D eigenvalue weighted by Crippen LogP contribution is -2.20. The number of anilines is 1. The molecule has 0 aliphatic heterocycles. The Kier molecular flexibility index (Phi) is 6.34. The number of amides is 1. The first-order valence-corrected chi connectivity index (χ1v) is 5.64. The molecule has 21 heavy (non-hydrogen) atoms. The molecule has 0 heterocycles. The van der Waals surface area contributed by atoms with Gasteiger partial charge in [0.15, 0.2) is 11.5 Å². The van der Waals surface area contributed by atoms with E-state index in [9.17, 15) is 18.4 Å². The Bertz CT molecular complexity index is 509. The molecule has 0 fully saturated rings. The van der Waals surface area contributed by atoms with E-state index in [4.69, 9.17) is 9.84 Å². The van der Waals surface area contributed by atoms with Gasteiger partial charge in [0.25, 0.3) is 0 Å². The summed E-state index contributed by atoms with van der Waals surface area (Å²) in [6.07, 6.45) is 0. The molecule has 0 aromatic heterocycles. The average Bonchev–Trinajstić information content (AvgIpc) is 2.37. The number of carboxylic acid groups (broad SMARTS) is 1. The lowest BCUT2D eigenvalue weighted by atomic mass is 10.2. The minimum absolute atomic E-state index is 0.0791. The predicted molar refractivity (Wildman–Crippen MR) is 66.7 cm³/mol. The van der Waals surface area contributed by atoms with Crippen LogP contribution in [0.1, 0.15) is 0 Å². The third-order valence-corrected chi connectivity index (χ3v) is 2.12. The summed E-state index contributed by atoms with van der Waals surface area (Å²) in [7, 11) is 1.28. The van der Waals surface area contributed by atoms with Gasteiger partial charge >= 0.3 is 12.6 Å². The second-order valence-electron chi connectivity index (χ2n) is 3.68. The van der Waals surface area contributed by atoms with Crippen LogP contribution in [0.3, 0.4) is 0 Å². The zero-order valence-corrected chi connectivity index (χ0v) is 11.0. The Morgan fingerprint density at radius 1 is 1.29 bits per heavy atom. The number of hydrogen-bond donors (Lipinski definition) is 2. The molecule has 1 amide bonds. The van der Waals surface area contributed by atoms with Crippen molar-refractivity contribution in [2.75, 3.05) is 25.6 Å². The normalized spacial score (nSPS) is 10.3. The van der Waals surface area contributed by atoms with Crippen LogP contribution in [0.5, 0.6) is 11.5 Å². The number of ether oxygens (including phenoxy) is 3. The smallest absolute Gasteiger partial charge is 0.387 e. The minimum Gasteiger partial charge on any atom is -0.493 e. The standard InChI is InChI=1S/C12H13F2NO6/c1-19-8-3-2-7(4-9(8)21-12(13)14)15-10(16)5-20-6-11(17)18/h2-4,12H,5-6H2,1H3,(H,15,16)(H,17,18). The van der Waals surface area contributed by atoms with Crippen LogP contribution in [0, 0.1) is 0 Å². The Labute approximate surface area is 118 Å². The molecule has 0 saturated heterocycles. The summed E-state index contributed by atoms with van der Waals surface area (Å²) in [5, 5.41) is 10.7. The van der Waals surface area contributed by atoms with Gasteiger partial charge in [-0.15, -0.1) is 0 Å². The summed E-state index contributed by atoms with van der Waals surface area (Å²) < 4.78 is 38.1. The summed E-state index contributed by atoms with van der Waals surface area (Å²) in [5.74, 6) is -2.00. The topological polar surface area (TPSA) is 94.1 Å². The zero-order chi connectivity index (χ0) is 15.8. The van der Waals surface area contributed by atoms with Gasteiger partial charge in [-0.05, 0) is 12.1 Å². The van der Waals surface area contributed by atoms with E-state index in [0.717, 1.165) is 6.07 Å². The van der Waals surface area contributed by atoms with Gasteiger partial charge in [0.05, 0.1) is 7.11 Å². The van der Waals surface area contributed by atoms with Crippen molar-refractivity contribution < 1.29 is 37.7 Å². The van der Waals surface area contributed by atoms with Crippen molar-refractivity contribution >= 4 is 17.6 Å². The van der Waals surface area contributed by atoms with E-state index in [1.54, 1.807) is 0 Å². The van der Waals surface area contributed by atoms with Gasteiger partial charge in [-0.1, -0.05) is 0 Å². The van der Waals surface area contributed by atoms with Crippen LogP contribution in [0.25, 0.3) is 0 Å². The van der Waals surface area contributed by atoms with Crippen LogP contribution in [-0.4, -0.2) is 43.9 Å². The molecule has 7 nitrogen and oxygen atoms in total. The molecule has 0 aliphatic carbocycles. The molecule has 116 valence electrons. The van der Waals surface area contributed by atoms with Crippen LogP contribution in [-0.2, 0) is 14.3 Å². The largest absolute Gasteiger partial charge is 0.493 e. The lowest BCUT2D eigenvalue weighted by molar-refractivity contribution is -0.143. The molecule has 0 bridgehead atoms. The number of aliphatic carboxylic acids is 1. The van der Waals surface area contributed by atoms with Crippen molar-refractivity contribution in [2.45, 2.75) is 6.61 Å². The number of methoxy groups -OCH3 is 1. The number of halogens is 2. The highest BCUT2D eigenvalue weighted by atomic mass is 19.3. The van der Waals surface area contributed by atoms with Crippen molar-refractivity contribution in [2.24, 2.45) is 0 Å². The number of carbonyl (C=O) groups is 2. The van der Waals surface area contributed by atoms with Crippen LogP contribution < -0.4 is 14.8 Å². The van der Waals surface area contributed by atoms with Crippen molar-refractivity contribution in [1.82, 2.24) is 0 Å². The third kappa shape index (κ3) is 6.04. The van der Waals surface area contributed by atoms with Crippen LogP contribution in [0.15, 0.2) is 18.2 Å². The Morgan fingerprint density at radius 2 is 2.00 bits per heavy atom. The molecule has 0 spiro atoms. The van der Waals surface area contributed by atoms with E-state index in [1.807, 2.05) is 0 Å². The highest BCUT2D eigenvalue weighted by Gasteiger charge is 2.12. The van der Waals surface area contributed by atoms with Gasteiger partial charge in [0.2, 0.25) is 5.91 Å². The molecule has 1 aromatic rings. The molecule has 0 radical (unpaired) electrons. The quantitative estimate of drug-likeness (QED) is 0.752. The third-order valence-electron chi connectivity index (χ3n) is 2.12. The number of nitrogens with one attached hydrogen (secondary N) is 1. The molecule has 0 atom stereocenters. The number of hydrogen-bond acceptors (Lipinski definition) is 5. The van der Waals surface area contributed by atoms with Gasteiger partial charge in [0.1, 0.15) is 13.2 Å². The molecule has 0 aliphatic rings. The number of rotatable bonds is 8. The molecule has 1 rings (SSSR count). The first kappa shape index (κ1) is 16.6. The minimum atomic E-state index is -3.04. The summed E-state index contributed by atoms with van der Waals surface area (Å²) in [6, 6.07) is 3.90. The summed E-state index contributed by atoms with van der Waals surface area (Å²) in [6.45, 7) is -4.14. The predicted octanol–water partition coefficient (Wildman–Crippen LogP) is 1.34. The number of carbonyl (C=O) groups excluding carboxylic acids is 1. The van der Waals surface area contributed by atoms with E-state index in [2.05, 4.69) is 14.8 Å². The summed E-state index contributed by atoms with van der Waals surface area (Å²) in [5.41, 5.74) is 0.176. The van der Waals surface area contributed by atoms with Crippen molar-refractivity contribution in [3.63, 3.8) is 0 Å². The van der Waals surface area contributed by atoms with Crippen LogP contribution in [0.2, 0.25) is 0 Å². The van der Waals surface area contributed by atoms with Gasteiger partial charge in [-0.2, -0.15) is 8.78 Å². The fourth-order valence-corrected chi connectivity index (χ4v) is 1.37. The zero-order valence-electron chi connectivity index (χ0n) is 11.0. The number of carboxylic acids is 1. The van der Waals surface area contributed by atoms with E-state index in [0.29, 0.717) is 0 Å². The molecule has 0 saturated carbocycles. The highest BCUT2D eigenvalue weighted by Crippen LogP contribution is 2.31. The van der Waals surface area contributed by atoms with Gasteiger partial charge < -0.3 is 24.6 Å². The van der Waals surface area contributed by atoms with Crippen molar-refractivity contribution in [3.05, 3.63) is 18.2 Å². The molecule has 0 unspecified atom stereocenters. The van der Waals surface area contributed by atoms with E-state index in [1.165, 1.54) is 19.2 Å². The van der Waals surface area contributed by atoms with Gasteiger partial charge in [-0.3, -0.25) is 4.79 Å². The van der Waals surface area contributed by atoms with Crippen molar-refractivity contribution in [3.8, 4) is 11.5 Å². The fourth-order valence-electron chi connectivity index (χ4n) is 1.37. The fraction of sp³-hybridized carbons (Fsp3) is 0.333. The molecular formula is C12H13F2NO6. The molecule has 2 N–H and O–H groups in total. The SMILES string of the molecule is COc1ccc(NC(=O)COCC(=O)O)cc1OC(F)F. The van der Waals surface area contributed by atoms with Crippen LogP contribution >= 0.6 is 0 Å². The van der Waals surface area contributed by atoms with Gasteiger partial charge in [-0.25, -0.2) is 4.79 Å². The highest BCUT2D eigenvalue weighted by molar-refractivity contribution is 5.92. The lowest BCUT2D eigenvalue weighted by Gasteiger charge is -2.12. The first-order valence-electron chi connectivity index (χ1n) is 5.64. The van der Waals surface area contributed by atoms with E-state index in [-0.39, 0.29) is 17.2 Å². The van der Waals surface area contributed by atoms with Crippen molar-refractivity contribution in [1.29, 1.82) is 0 Å². The number of alkyl halides is 2. The Balaban J connectivity index is 2.66. The number of benzene rings is 1. The van der Waals surface area contributed by atoms with Crippen LogP contribution in [0.4, 0.5) is 14.5 Å².